The molecule has 0 aliphatic rings. The van der Waals surface area contributed by atoms with E-state index in [1.54, 1.807) is 6.07 Å². The summed E-state index contributed by atoms with van der Waals surface area (Å²) >= 11 is 0. The maximum absolute atomic E-state index is 10.7. The second-order valence-electron chi connectivity index (χ2n) is 4.53. The zero-order valence-corrected chi connectivity index (χ0v) is 11.7. The molecule has 0 saturated heterocycles. The van der Waals surface area contributed by atoms with Crippen molar-refractivity contribution in [2.75, 3.05) is 17.7 Å². The van der Waals surface area contributed by atoms with Crippen molar-refractivity contribution >= 4 is 22.7 Å². The van der Waals surface area contributed by atoms with Crippen molar-refractivity contribution in [3.63, 3.8) is 0 Å². The molecule has 0 atom stereocenters. The fraction of sp³-hybridized carbons (Fsp3) is 0.200. The van der Waals surface area contributed by atoms with Crippen molar-refractivity contribution in [2.45, 2.75) is 13.3 Å². The zero-order chi connectivity index (χ0) is 15.2. The molecule has 0 fully saturated rings. The minimum Gasteiger partial charge on any atom is -0.494 e. The van der Waals surface area contributed by atoms with Crippen LogP contribution in [0.25, 0.3) is 0 Å². The average molecular weight is 287 g/mol. The van der Waals surface area contributed by atoms with Crippen molar-refractivity contribution in [3.8, 4) is 5.75 Å². The largest absolute Gasteiger partial charge is 0.494 e. The third-order valence-electron chi connectivity index (χ3n) is 2.85. The van der Waals surface area contributed by atoms with Crippen LogP contribution in [-0.4, -0.2) is 11.5 Å². The lowest BCUT2D eigenvalue weighted by atomic mass is 10.2. The number of nitro groups is 1. The first-order valence-corrected chi connectivity index (χ1v) is 6.64. The van der Waals surface area contributed by atoms with Gasteiger partial charge in [-0.15, -0.1) is 0 Å². The quantitative estimate of drug-likeness (QED) is 0.480. The van der Waals surface area contributed by atoms with Crippen LogP contribution in [0.5, 0.6) is 5.75 Å². The number of nitrogen functional groups attached to an aromatic ring is 1. The van der Waals surface area contributed by atoms with Crippen LogP contribution in [0.15, 0.2) is 42.5 Å². The van der Waals surface area contributed by atoms with Crippen molar-refractivity contribution in [2.24, 2.45) is 0 Å². The smallest absolute Gasteiger partial charge is 0.271 e. The van der Waals surface area contributed by atoms with Crippen LogP contribution >= 0.6 is 0 Å². The number of anilines is 3. The molecule has 0 bridgehead atoms. The first kappa shape index (κ1) is 14.6. The number of nitrogens with zero attached hydrogens (tertiary/aromatic N) is 1. The van der Waals surface area contributed by atoms with Gasteiger partial charge in [0.1, 0.15) is 5.75 Å². The molecule has 0 unspecified atom stereocenters. The van der Waals surface area contributed by atoms with Gasteiger partial charge in [0, 0.05) is 17.8 Å². The van der Waals surface area contributed by atoms with E-state index in [2.05, 4.69) is 5.32 Å². The Balaban J connectivity index is 2.09. The molecule has 2 rings (SSSR count). The maximum Gasteiger partial charge on any atom is 0.271 e. The van der Waals surface area contributed by atoms with Gasteiger partial charge < -0.3 is 15.8 Å². The van der Waals surface area contributed by atoms with E-state index < -0.39 is 4.92 Å². The van der Waals surface area contributed by atoms with E-state index in [1.165, 1.54) is 12.1 Å². The highest BCUT2D eigenvalue weighted by molar-refractivity contribution is 5.74. The Morgan fingerprint density at radius 1 is 1.24 bits per heavy atom. The summed E-state index contributed by atoms with van der Waals surface area (Å²) in [5, 5.41) is 13.8. The molecule has 6 nitrogen and oxygen atoms in total. The Hall–Kier alpha value is -2.76. The summed E-state index contributed by atoms with van der Waals surface area (Å²) in [7, 11) is 0. The van der Waals surface area contributed by atoms with E-state index >= 15 is 0 Å². The fourth-order valence-electron chi connectivity index (χ4n) is 1.79. The Bertz CT molecular complexity index is 627. The van der Waals surface area contributed by atoms with Crippen molar-refractivity contribution in [3.05, 3.63) is 52.6 Å². The summed E-state index contributed by atoms with van der Waals surface area (Å²) in [6.07, 6.45) is 0.958. The van der Waals surface area contributed by atoms with Gasteiger partial charge in [0.05, 0.1) is 22.9 Å². The molecule has 0 aliphatic carbocycles. The highest BCUT2D eigenvalue weighted by atomic mass is 16.6. The normalized spacial score (nSPS) is 10.1. The van der Waals surface area contributed by atoms with Gasteiger partial charge in [-0.2, -0.15) is 0 Å². The number of hydrogen-bond donors (Lipinski definition) is 2. The molecular weight excluding hydrogens is 270 g/mol. The maximum atomic E-state index is 10.7. The topological polar surface area (TPSA) is 90.4 Å². The minimum absolute atomic E-state index is 0.0265. The molecule has 0 aromatic heterocycles. The number of nitrogens with two attached hydrogens (primary N) is 1. The van der Waals surface area contributed by atoms with E-state index in [9.17, 15) is 10.1 Å². The summed E-state index contributed by atoms with van der Waals surface area (Å²) in [6.45, 7) is 2.73. The number of nitro benzene ring substituents is 1. The van der Waals surface area contributed by atoms with Gasteiger partial charge in [-0.25, -0.2) is 0 Å². The van der Waals surface area contributed by atoms with Gasteiger partial charge in [-0.3, -0.25) is 10.1 Å². The van der Waals surface area contributed by atoms with E-state index in [0.29, 0.717) is 18.0 Å². The molecular formula is C15H17N3O3. The standard InChI is InChI=1S/C15H17N3O3/c1-2-9-21-13-6-3-11(4-7-13)17-15-8-5-12(18(19)20)10-14(15)16/h3-8,10,17H,2,9,16H2,1H3. The monoisotopic (exact) mass is 287 g/mol. The molecule has 3 N–H and O–H groups in total. The highest BCUT2D eigenvalue weighted by Gasteiger charge is 2.08. The van der Waals surface area contributed by atoms with Crippen LogP contribution < -0.4 is 15.8 Å². The van der Waals surface area contributed by atoms with Gasteiger partial charge in [0.25, 0.3) is 5.69 Å². The lowest BCUT2D eigenvalue weighted by molar-refractivity contribution is -0.384. The fourth-order valence-corrected chi connectivity index (χ4v) is 1.79. The zero-order valence-electron chi connectivity index (χ0n) is 11.7. The van der Waals surface area contributed by atoms with E-state index in [-0.39, 0.29) is 5.69 Å². The van der Waals surface area contributed by atoms with Gasteiger partial charge in [0.15, 0.2) is 0 Å². The first-order chi connectivity index (χ1) is 10.1. The Morgan fingerprint density at radius 2 is 1.95 bits per heavy atom. The highest BCUT2D eigenvalue weighted by Crippen LogP contribution is 2.27. The predicted octanol–water partition coefficient (Wildman–Crippen LogP) is 3.71. The Kier molecular flexibility index (Phi) is 4.61. The van der Waals surface area contributed by atoms with E-state index in [0.717, 1.165) is 17.9 Å². The Labute approximate surface area is 122 Å². The third kappa shape index (κ3) is 3.85. The molecule has 110 valence electrons. The van der Waals surface area contributed by atoms with Gasteiger partial charge in [-0.1, -0.05) is 6.92 Å². The molecule has 0 saturated carbocycles. The summed E-state index contributed by atoms with van der Waals surface area (Å²) in [5.74, 6) is 0.805. The summed E-state index contributed by atoms with van der Waals surface area (Å²) in [6, 6.07) is 11.8. The third-order valence-corrected chi connectivity index (χ3v) is 2.85. The Morgan fingerprint density at radius 3 is 2.52 bits per heavy atom. The number of rotatable bonds is 6. The van der Waals surface area contributed by atoms with E-state index in [1.807, 2.05) is 31.2 Å². The number of non-ortho nitro benzene ring substituents is 1. The summed E-state index contributed by atoms with van der Waals surface area (Å²) < 4.78 is 5.50. The second kappa shape index (κ2) is 6.60. The summed E-state index contributed by atoms with van der Waals surface area (Å²) in [5.41, 5.74) is 7.57. The average Bonchev–Trinajstić information content (AvgIpc) is 2.48. The van der Waals surface area contributed by atoms with Crippen LogP contribution in [0.1, 0.15) is 13.3 Å². The van der Waals surface area contributed by atoms with Crippen LogP contribution in [0.4, 0.5) is 22.7 Å². The molecule has 2 aromatic rings. The van der Waals surface area contributed by atoms with Gasteiger partial charge >= 0.3 is 0 Å². The molecule has 0 radical (unpaired) electrons. The van der Waals surface area contributed by atoms with Crippen LogP contribution in [0.2, 0.25) is 0 Å². The molecule has 0 spiro atoms. The lowest BCUT2D eigenvalue weighted by Gasteiger charge is -2.10. The van der Waals surface area contributed by atoms with Crippen molar-refractivity contribution in [1.29, 1.82) is 0 Å². The van der Waals surface area contributed by atoms with Crippen molar-refractivity contribution < 1.29 is 9.66 Å². The molecule has 2 aromatic carbocycles. The minimum atomic E-state index is -0.472. The molecule has 0 aliphatic heterocycles. The number of ether oxygens (including phenoxy) is 1. The molecule has 21 heavy (non-hydrogen) atoms. The van der Waals surface area contributed by atoms with Crippen LogP contribution in [0, 0.1) is 10.1 Å². The van der Waals surface area contributed by atoms with Gasteiger partial charge in [0.2, 0.25) is 0 Å². The SMILES string of the molecule is CCCOc1ccc(Nc2ccc([N+](=O)[O-])cc2N)cc1. The van der Waals surface area contributed by atoms with E-state index in [4.69, 9.17) is 10.5 Å². The lowest BCUT2D eigenvalue weighted by Crippen LogP contribution is -1.98. The number of nitrogens with one attached hydrogen (secondary N) is 1. The second-order valence-corrected chi connectivity index (χ2v) is 4.53. The number of benzene rings is 2. The van der Waals surface area contributed by atoms with Crippen molar-refractivity contribution in [1.82, 2.24) is 0 Å². The molecule has 6 heteroatoms. The predicted molar refractivity (Wildman–Crippen MR) is 83.0 cm³/mol. The van der Waals surface area contributed by atoms with Gasteiger partial charge in [-0.05, 0) is 36.8 Å². The first-order valence-electron chi connectivity index (χ1n) is 6.64. The summed E-state index contributed by atoms with van der Waals surface area (Å²) in [4.78, 5) is 10.2. The van der Waals surface area contributed by atoms with Crippen LogP contribution in [0.3, 0.4) is 0 Å². The molecule has 0 amide bonds. The van der Waals surface area contributed by atoms with Crippen LogP contribution in [-0.2, 0) is 0 Å². The number of hydrogen-bond acceptors (Lipinski definition) is 5. The molecule has 0 heterocycles.